The summed E-state index contributed by atoms with van der Waals surface area (Å²) in [7, 11) is 1.58. The molecule has 0 unspecified atom stereocenters. The first-order valence-electron chi connectivity index (χ1n) is 5.88. The van der Waals surface area contributed by atoms with Gasteiger partial charge < -0.3 is 9.84 Å². The lowest BCUT2D eigenvalue weighted by atomic mass is 10.2. The van der Waals surface area contributed by atoms with Crippen LogP contribution in [0.5, 0.6) is 5.75 Å². The zero-order chi connectivity index (χ0) is 13.7. The molecule has 0 spiro atoms. The van der Waals surface area contributed by atoms with Crippen LogP contribution in [0.15, 0.2) is 47.4 Å². The molecular formula is C15H15FO2S. The summed E-state index contributed by atoms with van der Waals surface area (Å²) in [6, 6.07) is 12.2. The lowest BCUT2D eigenvalue weighted by molar-refractivity contribution is 0.282. The number of ether oxygens (including phenoxy) is 1. The molecule has 2 nitrogen and oxygen atoms in total. The fourth-order valence-corrected chi connectivity index (χ4v) is 2.59. The molecule has 0 fully saturated rings. The number of methoxy groups -OCH3 is 1. The number of halogens is 1. The summed E-state index contributed by atoms with van der Waals surface area (Å²) in [6.45, 7) is 0.0443. The molecule has 0 atom stereocenters. The number of benzene rings is 2. The van der Waals surface area contributed by atoms with Crippen molar-refractivity contribution in [2.75, 3.05) is 7.11 Å². The van der Waals surface area contributed by atoms with Crippen LogP contribution in [-0.2, 0) is 12.4 Å². The van der Waals surface area contributed by atoms with Crippen molar-refractivity contribution >= 4 is 11.8 Å². The third-order valence-electron chi connectivity index (χ3n) is 2.74. The van der Waals surface area contributed by atoms with Crippen LogP contribution in [-0.4, -0.2) is 12.2 Å². The molecule has 2 aromatic carbocycles. The molecule has 0 saturated heterocycles. The maximum Gasteiger partial charge on any atom is 0.123 e. The van der Waals surface area contributed by atoms with E-state index >= 15 is 0 Å². The third-order valence-corrected chi connectivity index (χ3v) is 3.80. The van der Waals surface area contributed by atoms with E-state index in [1.807, 2.05) is 24.3 Å². The fraction of sp³-hybridized carbons (Fsp3) is 0.200. The van der Waals surface area contributed by atoms with Crippen molar-refractivity contribution in [3.8, 4) is 5.75 Å². The SMILES string of the molecule is COc1ccc(F)cc1CSc1ccc(CO)cc1. The van der Waals surface area contributed by atoms with Crippen molar-refractivity contribution in [3.05, 3.63) is 59.4 Å². The van der Waals surface area contributed by atoms with Gasteiger partial charge in [0.1, 0.15) is 11.6 Å². The highest BCUT2D eigenvalue weighted by atomic mass is 32.2. The van der Waals surface area contributed by atoms with E-state index in [1.54, 1.807) is 24.9 Å². The molecule has 0 heterocycles. The molecule has 0 bridgehead atoms. The second-order valence-corrected chi connectivity index (χ2v) is 5.10. The Kier molecular flexibility index (Phi) is 4.82. The molecule has 0 aliphatic carbocycles. The first kappa shape index (κ1) is 13.9. The van der Waals surface area contributed by atoms with Gasteiger partial charge in [0, 0.05) is 16.2 Å². The van der Waals surface area contributed by atoms with Crippen LogP contribution in [0, 0.1) is 5.82 Å². The second kappa shape index (κ2) is 6.59. The van der Waals surface area contributed by atoms with Crippen LogP contribution in [0.25, 0.3) is 0 Å². The van der Waals surface area contributed by atoms with Gasteiger partial charge in [-0.25, -0.2) is 4.39 Å². The van der Waals surface area contributed by atoms with Crippen LogP contribution in [0.4, 0.5) is 4.39 Å². The van der Waals surface area contributed by atoms with Crippen LogP contribution in [0.2, 0.25) is 0 Å². The van der Waals surface area contributed by atoms with Crippen molar-refractivity contribution in [2.24, 2.45) is 0 Å². The average Bonchev–Trinajstić information content (AvgIpc) is 2.46. The Morgan fingerprint density at radius 1 is 1.16 bits per heavy atom. The molecule has 0 saturated carbocycles. The topological polar surface area (TPSA) is 29.5 Å². The van der Waals surface area contributed by atoms with Crippen molar-refractivity contribution < 1.29 is 14.2 Å². The monoisotopic (exact) mass is 278 g/mol. The van der Waals surface area contributed by atoms with Crippen molar-refractivity contribution in [3.63, 3.8) is 0 Å². The average molecular weight is 278 g/mol. The number of rotatable bonds is 5. The zero-order valence-electron chi connectivity index (χ0n) is 10.6. The molecule has 0 aromatic heterocycles. The molecule has 2 rings (SSSR count). The first-order valence-corrected chi connectivity index (χ1v) is 6.86. The van der Waals surface area contributed by atoms with E-state index in [2.05, 4.69) is 0 Å². The van der Waals surface area contributed by atoms with Gasteiger partial charge in [-0.15, -0.1) is 11.8 Å². The number of aliphatic hydroxyl groups excluding tert-OH is 1. The summed E-state index contributed by atoms with van der Waals surface area (Å²) in [5.74, 6) is 1.08. The van der Waals surface area contributed by atoms with Crippen LogP contribution in [0.1, 0.15) is 11.1 Å². The number of aliphatic hydroxyl groups is 1. The van der Waals surface area contributed by atoms with Gasteiger partial charge in [0.05, 0.1) is 13.7 Å². The van der Waals surface area contributed by atoms with Gasteiger partial charge in [-0.1, -0.05) is 12.1 Å². The predicted octanol–water partition coefficient (Wildman–Crippen LogP) is 3.62. The van der Waals surface area contributed by atoms with Crippen molar-refractivity contribution in [1.29, 1.82) is 0 Å². The second-order valence-electron chi connectivity index (χ2n) is 4.05. The Bertz CT molecular complexity index is 540. The molecule has 0 aliphatic heterocycles. The minimum atomic E-state index is -0.257. The molecule has 0 radical (unpaired) electrons. The van der Waals surface area contributed by atoms with E-state index in [4.69, 9.17) is 9.84 Å². The maximum atomic E-state index is 13.2. The van der Waals surface area contributed by atoms with Crippen LogP contribution in [0.3, 0.4) is 0 Å². The first-order chi connectivity index (χ1) is 9.22. The standard InChI is InChI=1S/C15H15FO2S/c1-18-15-7-4-13(16)8-12(15)10-19-14-5-2-11(9-17)3-6-14/h2-8,17H,9-10H2,1H3. The fourth-order valence-electron chi connectivity index (χ4n) is 1.71. The molecule has 4 heteroatoms. The van der Waals surface area contributed by atoms with E-state index < -0.39 is 0 Å². The number of hydrogen-bond donors (Lipinski definition) is 1. The van der Waals surface area contributed by atoms with Gasteiger partial charge in [-0.2, -0.15) is 0 Å². The largest absolute Gasteiger partial charge is 0.496 e. The lowest BCUT2D eigenvalue weighted by Gasteiger charge is -2.08. The molecule has 0 amide bonds. The number of thioether (sulfide) groups is 1. The Hall–Kier alpha value is -1.52. The quantitative estimate of drug-likeness (QED) is 0.847. The van der Waals surface area contributed by atoms with Gasteiger partial charge in [-0.05, 0) is 35.9 Å². The maximum absolute atomic E-state index is 13.2. The lowest BCUT2D eigenvalue weighted by Crippen LogP contribution is -1.91. The third kappa shape index (κ3) is 3.72. The Morgan fingerprint density at radius 2 is 1.89 bits per heavy atom. The molecule has 0 aliphatic rings. The van der Waals surface area contributed by atoms with Gasteiger partial charge in [0.15, 0.2) is 0 Å². The number of hydrogen-bond acceptors (Lipinski definition) is 3. The summed E-state index contributed by atoms with van der Waals surface area (Å²) in [6.07, 6.45) is 0. The Morgan fingerprint density at radius 3 is 2.53 bits per heavy atom. The minimum Gasteiger partial charge on any atom is -0.496 e. The van der Waals surface area contributed by atoms with Crippen molar-refractivity contribution in [2.45, 2.75) is 17.3 Å². The summed E-state index contributed by atoms with van der Waals surface area (Å²) in [4.78, 5) is 1.07. The van der Waals surface area contributed by atoms with Crippen LogP contribution < -0.4 is 4.74 Å². The Balaban J connectivity index is 2.07. The summed E-state index contributed by atoms with van der Waals surface area (Å²) in [5.41, 5.74) is 1.71. The highest BCUT2D eigenvalue weighted by Gasteiger charge is 2.05. The normalized spacial score (nSPS) is 10.5. The van der Waals surface area contributed by atoms with Gasteiger partial charge in [-0.3, -0.25) is 0 Å². The predicted molar refractivity (Wildman–Crippen MR) is 74.9 cm³/mol. The van der Waals surface area contributed by atoms with E-state index in [-0.39, 0.29) is 12.4 Å². The Labute approximate surface area is 116 Å². The molecular weight excluding hydrogens is 263 g/mol. The summed E-state index contributed by atoms with van der Waals surface area (Å²) >= 11 is 1.60. The van der Waals surface area contributed by atoms with Gasteiger partial charge in [0.2, 0.25) is 0 Å². The smallest absolute Gasteiger partial charge is 0.123 e. The molecule has 1 N–H and O–H groups in total. The molecule has 2 aromatic rings. The summed E-state index contributed by atoms with van der Waals surface area (Å²) in [5, 5.41) is 8.97. The zero-order valence-corrected chi connectivity index (χ0v) is 11.4. The van der Waals surface area contributed by atoms with Gasteiger partial charge >= 0.3 is 0 Å². The summed E-state index contributed by atoms with van der Waals surface area (Å²) < 4.78 is 18.4. The van der Waals surface area contributed by atoms with Crippen molar-refractivity contribution in [1.82, 2.24) is 0 Å². The molecule has 19 heavy (non-hydrogen) atoms. The van der Waals surface area contributed by atoms with E-state index in [1.165, 1.54) is 12.1 Å². The highest BCUT2D eigenvalue weighted by Crippen LogP contribution is 2.28. The van der Waals surface area contributed by atoms with E-state index in [9.17, 15) is 4.39 Å². The van der Waals surface area contributed by atoms with E-state index in [0.717, 1.165) is 16.0 Å². The van der Waals surface area contributed by atoms with Gasteiger partial charge in [0.25, 0.3) is 0 Å². The minimum absolute atomic E-state index is 0.0443. The van der Waals surface area contributed by atoms with E-state index in [0.29, 0.717) is 11.5 Å². The highest BCUT2D eigenvalue weighted by molar-refractivity contribution is 7.98. The molecule has 100 valence electrons. The van der Waals surface area contributed by atoms with Crippen LogP contribution >= 0.6 is 11.8 Å².